The largest absolute Gasteiger partial charge is 0.481 e. The van der Waals surface area contributed by atoms with Crippen molar-refractivity contribution in [1.82, 2.24) is 5.32 Å². The first kappa shape index (κ1) is 22.0. The van der Waals surface area contributed by atoms with Crippen LogP contribution in [-0.4, -0.2) is 57.9 Å². The van der Waals surface area contributed by atoms with Gasteiger partial charge in [0.05, 0.1) is 12.8 Å². The molecule has 9 nitrogen and oxygen atoms in total. The van der Waals surface area contributed by atoms with Gasteiger partial charge in [0.15, 0.2) is 0 Å². The van der Waals surface area contributed by atoms with Gasteiger partial charge in [0.25, 0.3) is 0 Å². The summed E-state index contributed by atoms with van der Waals surface area (Å²) in [5.74, 6) is -4.17. The Morgan fingerprint density at radius 1 is 1.04 bits per heavy atom. The van der Waals surface area contributed by atoms with Gasteiger partial charge in [-0.05, 0) is 34.6 Å². The second-order valence-corrected chi connectivity index (χ2v) is 6.89. The van der Waals surface area contributed by atoms with E-state index in [4.69, 9.17) is 14.9 Å². The molecule has 0 fully saturated rings. The van der Waals surface area contributed by atoms with Crippen LogP contribution in [-0.2, 0) is 28.7 Å². The van der Waals surface area contributed by atoms with E-state index in [1.54, 1.807) is 34.6 Å². The molecular formula is C15H25NO8. The molecular weight excluding hydrogens is 322 g/mol. The molecule has 3 N–H and O–H groups in total. The number of hydrogen-bond acceptors (Lipinski definition) is 8. The van der Waals surface area contributed by atoms with Gasteiger partial charge < -0.3 is 19.7 Å². The van der Waals surface area contributed by atoms with Crippen LogP contribution in [0, 0.1) is 0 Å². The van der Waals surface area contributed by atoms with Crippen molar-refractivity contribution in [2.75, 3.05) is 6.61 Å². The zero-order valence-electron chi connectivity index (χ0n) is 14.5. The van der Waals surface area contributed by atoms with Crippen molar-refractivity contribution >= 4 is 23.9 Å². The maximum atomic E-state index is 11.9. The van der Waals surface area contributed by atoms with Crippen molar-refractivity contribution in [2.24, 2.45) is 0 Å². The van der Waals surface area contributed by atoms with Gasteiger partial charge in [-0.3, -0.25) is 14.9 Å². The normalized spacial score (nSPS) is 13.1. The summed E-state index contributed by atoms with van der Waals surface area (Å²) in [5, 5.41) is 20.1. The average molecular weight is 347 g/mol. The van der Waals surface area contributed by atoms with Crippen LogP contribution < -0.4 is 5.32 Å². The molecule has 24 heavy (non-hydrogen) atoms. The molecule has 9 heteroatoms. The molecule has 0 heterocycles. The molecule has 0 aliphatic heterocycles. The summed E-state index contributed by atoms with van der Waals surface area (Å²) in [6.07, 6.45) is -0.795. The molecule has 0 aromatic carbocycles. The predicted molar refractivity (Wildman–Crippen MR) is 81.9 cm³/mol. The number of esters is 3. The van der Waals surface area contributed by atoms with E-state index in [0.29, 0.717) is 0 Å². The van der Waals surface area contributed by atoms with Gasteiger partial charge >= 0.3 is 23.9 Å². The lowest BCUT2D eigenvalue weighted by Gasteiger charge is -2.30. The van der Waals surface area contributed by atoms with E-state index in [-0.39, 0.29) is 6.42 Å². The summed E-state index contributed by atoms with van der Waals surface area (Å²) in [6, 6.07) is -1.37. The number of nitrogens with one attached hydrogen (secondary N) is 1. The zero-order valence-corrected chi connectivity index (χ0v) is 14.5. The number of hydrogen-bond donors (Lipinski definition) is 3. The molecule has 0 saturated carbocycles. The third-order valence-electron chi connectivity index (χ3n) is 2.58. The molecule has 0 rings (SSSR count). The van der Waals surface area contributed by atoms with Crippen molar-refractivity contribution in [3.8, 4) is 0 Å². The lowest BCUT2D eigenvalue weighted by molar-refractivity contribution is -0.166. The Hall–Kier alpha value is -2.00. The molecule has 0 radical (unpaired) electrons. The van der Waals surface area contributed by atoms with Crippen LogP contribution in [0.5, 0.6) is 0 Å². The highest BCUT2D eigenvalue weighted by molar-refractivity contribution is 5.91. The number of carboxylic acid groups (broad SMARTS) is 1. The van der Waals surface area contributed by atoms with Gasteiger partial charge in [-0.2, -0.15) is 0 Å². The second kappa shape index (κ2) is 8.74. The van der Waals surface area contributed by atoms with E-state index >= 15 is 0 Å². The van der Waals surface area contributed by atoms with Crippen LogP contribution in [0.15, 0.2) is 0 Å². The summed E-state index contributed by atoms with van der Waals surface area (Å²) in [5.41, 5.74) is -1.68. The fourth-order valence-electron chi connectivity index (χ4n) is 1.84. The van der Waals surface area contributed by atoms with Gasteiger partial charge in [-0.25, -0.2) is 9.59 Å². The first-order chi connectivity index (χ1) is 10.8. The van der Waals surface area contributed by atoms with E-state index in [1.165, 1.54) is 0 Å². The Labute approximate surface area is 140 Å². The molecule has 0 bridgehead atoms. The van der Waals surface area contributed by atoms with Crippen LogP contribution in [0.4, 0.5) is 0 Å². The van der Waals surface area contributed by atoms with E-state index in [1.807, 2.05) is 0 Å². The summed E-state index contributed by atoms with van der Waals surface area (Å²) in [7, 11) is 0. The number of carboxylic acids is 1. The molecule has 0 amide bonds. The highest BCUT2D eigenvalue weighted by atomic mass is 16.6. The quantitative estimate of drug-likeness (QED) is 0.408. The third-order valence-corrected chi connectivity index (χ3v) is 2.58. The Bertz CT molecular complexity index is 492. The molecule has 0 aromatic rings. The van der Waals surface area contributed by atoms with Gasteiger partial charge in [0, 0.05) is 5.54 Å². The molecule has 0 aliphatic carbocycles. The highest BCUT2D eigenvalue weighted by Gasteiger charge is 2.33. The summed E-state index contributed by atoms with van der Waals surface area (Å²) in [6.45, 7) is 7.26. The number of carbonyl (C=O) groups is 4. The standard InChI is InChI=1S/C15H25NO8/c1-14(2,3)24-11(20)7-15(4,5)16-9(6-10(18)19)13(22)23-12(21)8-17/h9,16-17H,6-8H2,1-5H3,(H,18,19)/t9-/m0/s1. The fourth-order valence-corrected chi connectivity index (χ4v) is 1.84. The Balaban J connectivity index is 4.97. The molecule has 0 aliphatic rings. The minimum atomic E-state index is -1.37. The van der Waals surface area contributed by atoms with Crippen molar-refractivity contribution < 1.29 is 38.9 Å². The van der Waals surface area contributed by atoms with Crippen LogP contribution >= 0.6 is 0 Å². The van der Waals surface area contributed by atoms with E-state index < -0.39 is 54.1 Å². The van der Waals surface area contributed by atoms with Crippen molar-refractivity contribution in [3.63, 3.8) is 0 Å². The monoisotopic (exact) mass is 347 g/mol. The van der Waals surface area contributed by atoms with E-state index in [2.05, 4.69) is 10.1 Å². The highest BCUT2D eigenvalue weighted by Crippen LogP contribution is 2.16. The van der Waals surface area contributed by atoms with Crippen LogP contribution in [0.25, 0.3) is 0 Å². The maximum Gasteiger partial charge on any atom is 0.339 e. The lowest BCUT2D eigenvalue weighted by Crippen LogP contribution is -2.52. The minimum absolute atomic E-state index is 0.137. The molecule has 0 spiro atoms. The van der Waals surface area contributed by atoms with Crippen molar-refractivity contribution in [2.45, 2.75) is 64.6 Å². The topological polar surface area (TPSA) is 139 Å². The number of aliphatic hydroxyl groups is 1. The van der Waals surface area contributed by atoms with Crippen LogP contribution in [0.3, 0.4) is 0 Å². The van der Waals surface area contributed by atoms with E-state index in [0.717, 1.165) is 0 Å². The first-order valence-electron chi connectivity index (χ1n) is 7.32. The number of ether oxygens (including phenoxy) is 2. The zero-order chi connectivity index (χ0) is 19.1. The smallest absolute Gasteiger partial charge is 0.339 e. The SMILES string of the molecule is CC(C)(CC(=O)OC(C)(C)C)N[C@@H](CC(=O)O)C(=O)OC(=O)CO. The third kappa shape index (κ3) is 9.90. The number of rotatable bonds is 8. The molecule has 1 atom stereocenters. The Morgan fingerprint density at radius 3 is 2.00 bits per heavy atom. The van der Waals surface area contributed by atoms with Crippen molar-refractivity contribution in [1.29, 1.82) is 0 Å². The summed E-state index contributed by atoms with van der Waals surface area (Å²) in [4.78, 5) is 45.6. The molecule has 138 valence electrons. The van der Waals surface area contributed by atoms with E-state index in [9.17, 15) is 19.2 Å². The predicted octanol–water partition coefficient (Wildman–Crippen LogP) is -0.00820. The Morgan fingerprint density at radius 2 is 1.58 bits per heavy atom. The molecule has 0 aromatic heterocycles. The van der Waals surface area contributed by atoms with Crippen LogP contribution in [0.2, 0.25) is 0 Å². The Kier molecular flexibility index (Phi) is 8.01. The maximum absolute atomic E-state index is 11.9. The summed E-state index contributed by atoms with van der Waals surface area (Å²) >= 11 is 0. The second-order valence-electron chi connectivity index (χ2n) is 6.89. The van der Waals surface area contributed by atoms with Gasteiger partial charge in [-0.1, -0.05) is 0 Å². The van der Waals surface area contributed by atoms with Gasteiger partial charge in [-0.15, -0.1) is 0 Å². The van der Waals surface area contributed by atoms with Gasteiger partial charge in [0.1, 0.15) is 18.2 Å². The molecule has 0 unspecified atom stereocenters. The molecule has 0 saturated heterocycles. The van der Waals surface area contributed by atoms with Crippen molar-refractivity contribution in [3.05, 3.63) is 0 Å². The number of aliphatic carboxylic acids is 1. The number of carbonyl (C=O) groups excluding carboxylic acids is 3. The minimum Gasteiger partial charge on any atom is -0.481 e. The lowest BCUT2D eigenvalue weighted by atomic mass is 9.98. The van der Waals surface area contributed by atoms with Gasteiger partial charge in [0.2, 0.25) is 0 Å². The average Bonchev–Trinajstić information content (AvgIpc) is 2.33. The first-order valence-corrected chi connectivity index (χ1v) is 7.32. The summed E-state index contributed by atoms with van der Waals surface area (Å²) < 4.78 is 9.50. The van der Waals surface area contributed by atoms with Crippen LogP contribution in [0.1, 0.15) is 47.5 Å². The fraction of sp³-hybridized carbons (Fsp3) is 0.733. The number of aliphatic hydroxyl groups excluding tert-OH is 1.